The van der Waals surface area contributed by atoms with Gasteiger partial charge >= 0.3 is 0 Å². The van der Waals surface area contributed by atoms with Crippen LogP contribution in [0.25, 0.3) is 16.8 Å². The summed E-state index contributed by atoms with van der Waals surface area (Å²) in [5.74, 6) is 0.288. The van der Waals surface area contributed by atoms with Crippen molar-refractivity contribution in [2.75, 3.05) is 6.61 Å². The van der Waals surface area contributed by atoms with Crippen molar-refractivity contribution in [2.45, 2.75) is 6.42 Å². The SMILES string of the molecule is OCCC=Cc1ccc2cc(O)ccc2c1. The van der Waals surface area contributed by atoms with Crippen molar-refractivity contribution in [3.8, 4) is 5.75 Å². The van der Waals surface area contributed by atoms with Crippen molar-refractivity contribution in [3.05, 3.63) is 48.0 Å². The zero-order valence-electron chi connectivity index (χ0n) is 8.93. The van der Waals surface area contributed by atoms with E-state index in [1.807, 2.05) is 30.4 Å². The molecular formula is C14H14O2. The van der Waals surface area contributed by atoms with Crippen molar-refractivity contribution in [2.24, 2.45) is 0 Å². The molecule has 0 radical (unpaired) electrons. The van der Waals surface area contributed by atoms with Gasteiger partial charge in [-0.1, -0.05) is 30.4 Å². The van der Waals surface area contributed by atoms with Gasteiger partial charge in [0.2, 0.25) is 0 Å². The van der Waals surface area contributed by atoms with Crippen LogP contribution in [0.1, 0.15) is 12.0 Å². The second-order valence-corrected chi connectivity index (χ2v) is 3.71. The monoisotopic (exact) mass is 214 g/mol. The van der Waals surface area contributed by atoms with E-state index in [1.54, 1.807) is 12.1 Å². The highest BCUT2D eigenvalue weighted by molar-refractivity contribution is 5.85. The molecule has 2 aromatic rings. The standard InChI is InChI=1S/C14H14O2/c15-8-2-1-3-11-4-5-13-10-14(16)7-6-12(13)9-11/h1,3-7,9-10,15-16H,2,8H2. The van der Waals surface area contributed by atoms with E-state index >= 15 is 0 Å². The lowest BCUT2D eigenvalue weighted by Crippen LogP contribution is -1.78. The number of hydrogen-bond donors (Lipinski definition) is 2. The molecule has 2 nitrogen and oxygen atoms in total. The smallest absolute Gasteiger partial charge is 0.116 e. The first-order valence-corrected chi connectivity index (χ1v) is 5.30. The molecule has 2 heteroatoms. The molecule has 0 fully saturated rings. The highest BCUT2D eigenvalue weighted by Crippen LogP contribution is 2.21. The molecule has 0 aliphatic carbocycles. The van der Waals surface area contributed by atoms with E-state index in [0.29, 0.717) is 6.42 Å². The number of phenolic OH excluding ortho intramolecular Hbond substituents is 1. The van der Waals surface area contributed by atoms with Crippen LogP contribution in [0.3, 0.4) is 0 Å². The first-order valence-electron chi connectivity index (χ1n) is 5.30. The first kappa shape index (κ1) is 10.7. The Morgan fingerprint density at radius 2 is 1.75 bits per heavy atom. The average Bonchev–Trinajstić information content (AvgIpc) is 2.29. The molecule has 0 aliphatic rings. The van der Waals surface area contributed by atoms with Crippen LogP contribution in [0.5, 0.6) is 5.75 Å². The molecule has 0 bridgehead atoms. The molecule has 0 aliphatic heterocycles. The second-order valence-electron chi connectivity index (χ2n) is 3.71. The zero-order chi connectivity index (χ0) is 11.4. The number of aliphatic hydroxyl groups excluding tert-OH is 1. The molecule has 0 atom stereocenters. The van der Waals surface area contributed by atoms with Gasteiger partial charge < -0.3 is 10.2 Å². The van der Waals surface area contributed by atoms with Crippen LogP contribution < -0.4 is 0 Å². The summed E-state index contributed by atoms with van der Waals surface area (Å²) in [5, 5.41) is 20.1. The lowest BCUT2D eigenvalue weighted by molar-refractivity contribution is 0.303. The van der Waals surface area contributed by atoms with Crippen LogP contribution in [-0.2, 0) is 0 Å². The van der Waals surface area contributed by atoms with Gasteiger partial charge in [-0.2, -0.15) is 0 Å². The Bertz CT molecular complexity index is 515. The molecule has 2 rings (SSSR count). The number of phenols is 1. The maximum Gasteiger partial charge on any atom is 0.116 e. The first-order chi connectivity index (χ1) is 7.79. The predicted octanol–water partition coefficient (Wildman–Crippen LogP) is 2.94. The normalized spacial score (nSPS) is 11.3. The number of hydrogen-bond acceptors (Lipinski definition) is 2. The quantitative estimate of drug-likeness (QED) is 0.824. The molecule has 0 saturated heterocycles. The molecule has 0 unspecified atom stereocenters. The summed E-state index contributed by atoms with van der Waals surface area (Å²) < 4.78 is 0. The van der Waals surface area contributed by atoms with E-state index in [-0.39, 0.29) is 12.4 Å². The Morgan fingerprint density at radius 1 is 1.00 bits per heavy atom. The molecule has 0 aromatic heterocycles. The van der Waals surface area contributed by atoms with Gasteiger partial charge in [0.25, 0.3) is 0 Å². The lowest BCUT2D eigenvalue weighted by Gasteiger charge is -2.00. The summed E-state index contributed by atoms with van der Waals surface area (Å²) in [4.78, 5) is 0. The average molecular weight is 214 g/mol. The molecule has 0 amide bonds. The number of aromatic hydroxyl groups is 1. The van der Waals surface area contributed by atoms with Crippen LogP contribution in [0.15, 0.2) is 42.5 Å². The number of rotatable bonds is 3. The third-order valence-corrected chi connectivity index (χ3v) is 2.45. The Hall–Kier alpha value is -1.80. The van der Waals surface area contributed by atoms with Gasteiger partial charge in [0, 0.05) is 6.61 Å². The minimum Gasteiger partial charge on any atom is -0.508 e. The molecule has 0 spiro atoms. The van der Waals surface area contributed by atoms with Gasteiger partial charge in [-0.05, 0) is 41.0 Å². The van der Waals surface area contributed by atoms with E-state index in [4.69, 9.17) is 5.11 Å². The van der Waals surface area contributed by atoms with Crippen LogP contribution >= 0.6 is 0 Å². The number of aliphatic hydroxyl groups is 1. The summed E-state index contributed by atoms with van der Waals surface area (Å²) in [7, 11) is 0. The van der Waals surface area contributed by atoms with Crippen molar-refractivity contribution < 1.29 is 10.2 Å². The molecule has 82 valence electrons. The van der Waals surface area contributed by atoms with Crippen LogP contribution in [-0.4, -0.2) is 16.8 Å². The van der Waals surface area contributed by atoms with Gasteiger partial charge in [-0.3, -0.25) is 0 Å². The number of fused-ring (bicyclic) bond motifs is 1. The lowest BCUT2D eigenvalue weighted by atomic mass is 10.1. The third-order valence-electron chi connectivity index (χ3n) is 2.45. The summed E-state index contributed by atoms with van der Waals surface area (Å²) in [6.45, 7) is 0.179. The molecule has 0 heterocycles. The molecule has 0 saturated carbocycles. The van der Waals surface area contributed by atoms with Crippen molar-refractivity contribution in [1.82, 2.24) is 0 Å². The largest absolute Gasteiger partial charge is 0.508 e. The Balaban J connectivity index is 2.33. The Labute approximate surface area is 94.5 Å². The Morgan fingerprint density at radius 3 is 2.56 bits per heavy atom. The van der Waals surface area contributed by atoms with Gasteiger partial charge in [0.15, 0.2) is 0 Å². The van der Waals surface area contributed by atoms with Crippen molar-refractivity contribution in [3.63, 3.8) is 0 Å². The van der Waals surface area contributed by atoms with E-state index in [0.717, 1.165) is 16.3 Å². The van der Waals surface area contributed by atoms with Gasteiger partial charge in [-0.15, -0.1) is 0 Å². The van der Waals surface area contributed by atoms with E-state index < -0.39 is 0 Å². The van der Waals surface area contributed by atoms with Gasteiger partial charge in [0.05, 0.1) is 0 Å². The fraction of sp³-hybridized carbons (Fsp3) is 0.143. The molecular weight excluding hydrogens is 200 g/mol. The summed E-state index contributed by atoms with van der Waals surface area (Å²) in [6.07, 6.45) is 4.61. The van der Waals surface area contributed by atoms with Crippen LogP contribution in [0.4, 0.5) is 0 Å². The fourth-order valence-electron chi connectivity index (χ4n) is 1.65. The molecule has 16 heavy (non-hydrogen) atoms. The van der Waals surface area contributed by atoms with Crippen LogP contribution in [0.2, 0.25) is 0 Å². The highest BCUT2D eigenvalue weighted by atomic mass is 16.3. The fourth-order valence-corrected chi connectivity index (χ4v) is 1.65. The van der Waals surface area contributed by atoms with Crippen LogP contribution in [0, 0.1) is 0 Å². The minimum absolute atomic E-state index is 0.179. The van der Waals surface area contributed by atoms with Gasteiger partial charge in [-0.25, -0.2) is 0 Å². The Kier molecular flexibility index (Phi) is 3.22. The van der Waals surface area contributed by atoms with Gasteiger partial charge in [0.1, 0.15) is 5.75 Å². The number of benzene rings is 2. The maximum atomic E-state index is 9.33. The van der Waals surface area contributed by atoms with E-state index in [9.17, 15) is 5.11 Å². The van der Waals surface area contributed by atoms with E-state index in [2.05, 4.69) is 6.07 Å². The zero-order valence-corrected chi connectivity index (χ0v) is 8.93. The van der Waals surface area contributed by atoms with Crippen molar-refractivity contribution >= 4 is 16.8 Å². The third kappa shape index (κ3) is 2.41. The highest BCUT2D eigenvalue weighted by Gasteiger charge is 1.95. The summed E-state index contributed by atoms with van der Waals surface area (Å²) in [6, 6.07) is 11.4. The summed E-state index contributed by atoms with van der Waals surface area (Å²) in [5.41, 5.74) is 1.10. The second kappa shape index (κ2) is 4.81. The molecule has 2 aromatic carbocycles. The maximum absolute atomic E-state index is 9.33. The van der Waals surface area contributed by atoms with E-state index in [1.165, 1.54) is 0 Å². The predicted molar refractivity (Wildman–Crippen MR) is 66.3 cm³/mol. The topological polar surface area (TPSA) is 40.5 Å². The van der Waals surface area contributed by atoms with Crippen molar-refractivity contribution in [1.29, 1.82) is 0 Å². The minimum atomic E-state index is 0.179. The summed E-state index contributed by atoms with van der Waals surface area (Å²) >= 11 is 0. The molecule has 2 N–H and O–H groups in total.